The highest BCUT2D eigenvalue weighted by Crippen LogP contribution is 2.28. The van der Waals surface area contributed by atoms with E-state index in [0.29, 0.717) is 12.2 Å². The van der Waals surface area contributed by atoms with Crippen LogP contribution in [0.4, 0.5) is 0 Å². The number of ketones is 1. The van der Waals surface area contributed by atoms with E-state index in [4.69, 9.17) is 9.47 Å². The molecule has 0 radical (unpaired) electrons. The second kappa shape index (κ2) is 6.57. The van der Waals surface area contributed by atoms with Crippen LogP contribution in [0.15, 0.2) is 41.7 Å². The van der Waals surface area contributed by atoms with Crippen LogP contribution in [0, 0.1) is 0 Å². The number of carbonyl (C=O) groups excluding carboxylic acids is 2. The molecule has 0 aliphatic carbocycles. The van der Waals surface area contributed by atoms with Crippen LogP contribution in [0.5, 0.6) is 0 Å². The number of pyridine rings is 1. The Morgan fingerprint density at radius 1 is 1.46 bits per heavy atom. The van der Waals surface area contributed by atoms with Gasteiger partial charge in [0.25, 0.3) is 0 Å². The standard InChI is InChI=1S/C17H17N3O4/c1-3-18-16-13(17(22)23-4-2)14(21)12(24-16)8-10-9-20-15-11(10)6-5-7-19-15/h5-9,18H,3-4H2,1-2H3,(H,19,20)/b12-8-. The van der Waals surface area contributed by atoms with Crippen molar-refractivity contribution >= 4 is 28.9 Å². The molecule has 7 heteroatoms. The number of allylic oxidation sites excluding steroid dienone is 1. The highest BCUT2D eigenvalue weighted by molar-refractivity contribution is 6.26. The highest BCUT2D eigenvalue weighted by atomic mass is 16.5. The summed E-state index contributed by atoms with van der Waals surface area (Å²) in [6.07, 6.45) is 5.00. The fourth-order valence-electron chi connectivity index (χ4n) is 2.44. The van der Waals surface area contributed by atoms with Crippen molar-refractivity contribution in [1.82, 2.24) is 15.3 Å². The zero-order valence-electron chi connectivity index (χ0n) is 13.4. The Balaban J connectivity index is 1.96. The molecule has 0 bridgehead atoms. The van der Waals surface area contributed by atoms with E-state index in [0.717, 1.165) is 10.9 Å². The maximum Gasteiger partial charge on any atom is 0.347 e. The van der Waals surface area contributed by atoms with Gasteiger partial charge < -0.3 is 19.8 Å². The van der Waals surface area contributed by atoms with Crippen LogP contribution in [0.3, 0.4) is 0 Å². The summed E-state index contributed by atoms with van der Waals surface area (Å²) < 4.78 is 10.5. The lowest BCUT2D eigenvalue weighted by molar-refractivity contribution is -0.139. The number of aromatic nitrogens is 2. The number of ether oxygens (including phenoxy) is 2. The maximum absolute atomic E-state index is 12.6. The van der Waals surface area contributed by atoms with Gasteiger partial charge in [-0.15, -0.1) is 0 Å². The number of nitrogens with one attached hydrogen (secondary N) is 2. The molecule has 0 aromatic carbocycles. The number of Topliss-reactive ketones (excluding diaryl/α,β-unsaturated/α-hetero) is 1. The van der Waals surface area contributed by atoms with Gasteiger partial charge >= 0.3 is 5.97 Å². The summed E-state index contributed by atoms with van der Waals surface area (Å²) in [5.74, 6) is -0.992. The van der Waals surface area contributed by atoms with Crippen LogP contribution in [0.2, 0.25) is 0 Å². The smallest absolute Gasteiger partial charge is 0.347 e. The van der Waals surface area contributed by atoms with Crippen LogP contribution in [0.1, 0.15) is 19.4 Å². The molecule has 3 heterocycles. The number of hydrogen-bond donors (Lipinski definition) is 2. The van der Waals surface area contributed by atoms with Gasteiger partial charge in [0.15, 0.2) is 11.3 Å². The zero-order valence-corrected chi connectivity index (χ0v) is 13.4. The van der Waals surface area contributed by atoms with E-state index in [2.05, 4.69) is 15.3 Å². The van der Waals surface area contributed by atoms with E-state index in [-0.39, 0.29) is 23.8 Å². The van der Waals surface area contributed by atoms with Gasteiger partial charge in [-0.2, -0.15) is 0 Å². The molecule has 0 saturated carbocycles. The first-order chi connectivity index (χ1) is 11.7. The summed E-state index contributed by atoms with van der Waals surface area (Å²) in [5, 5.41) is 3.74. The van der Waals surface area contributed by atoms with E-state index >= 15 is 0 Å². The van der Waals surface area contributed by atoms with Crippen LogP contribution < -0.4 is 5.32 Å². The molecule has 0 saturated heterocycles. The lowest BCUT2D eigenvalue weighted by Crippen LogP contribution is -2.19. The predicted octanol–water partition coefficient (Wildman–Crippen LogP) is 1.89. The minimum Gasteiger partial charge on any atom is -0.462 e. The Bertz CT molecular complexity index is 864. The Labute approximate surface area is 138 Å². The van der Waals surface area contributed by atoms with Crippen molar-refractivity contribution < 1.29 is 19.1 Å². The van der Waals surface area contributed by atoms with Crippen molar-refractivity contribution in [2.45, 2.75) is 13.8 Å². The number of fused-ring (bicyclic) bond motifs is 1. The second-order valence-corrected chi connectivity index (χ2v) is 5.04. The van der Waals surface area contributed by atoms with Crippen molar-refractivity contribution in [2.75, 3.05) is 13.2 Å². The van der Waals surface area contributed by atoms with Gasteiger partial charge in [-0.1, -0.05) is 0 Å². The lowest BCUT2D eigenvalue weighted by Gasteiger charge is -2.05. The Morgan fingerprint density at radius 3 is 3.04 bits per heavy atom. The van der Waals surface area contributed by atoms with Crippen molar-refractivity contribution in [2.24, 2.45) is 0 Å². The molecule has 2 aromatic heterocycles. The number of nitrogens with zero attached hydrogens (tertiary/aromatic N) is 1. The average Bonchev–Trinajstić information content (AvgIpc) is 3.11. The first kappa shape index (κ1) is 15.8. The fourth-order valence-corrected chi connectivity index (χ4v) is 2.44. The van der Waals surface area contributed by atoms with Gasteiger partial charge in [-0.05, 0) is 32.1 Å². The summed E-state index contributed by atoms with van der Waals surface area (Å²) in [6, 6.07) is 3.69. The molecular formula is C17H17N3O4. The van der Waals surface area contributed by atoms with Crippen molar-refractivity contribution in [1.29, 1.82) is 0 Å². The molecule has 0 unspecified atom stereocenters. The van der Waals surface area contributed by atoms with Gasteiger partial charge in [-0.25, -0.2) is 9.78 Å². The minimum absolute atomic E-state index is 0.0683. The summed E-state index contributed by atoms with van der Waals surface area (Å²) >= 11 is 0. The number of hydrogen-bond acceptors (Lipinski definition) is 6. The SMILES string of the molecule is CCNC1=C(C(=O)OCC)C(=O)/C(=C/c2c[nH]c3ncccc23)O1. The third-order valence-electron chi connectivity index (χ3n) is 3.48. The normalized spacial score (nSPS) is 15.9. The summed E-state index contributed by atoms with van der Waals surface area (Å²) in [4.78, 5) is 31.8. The van der Waals surface area contributed by atoms with E-state index < -0.39 is 11.8 Å². The molecule has 2 N–H and O–H groups in total. The Morgan fingerprint density at radius 2 is 2.29 bits per heavy atom. The molecule has 0 spiro atoms. The third kappa shape index (κ3) is 2.76. The van der Waals surface area contributed by atoms with Gasteiger partial charge in [0.2, 0.25) is 11.7 Å². The van der Waals surface area contributed by atoms with E-state index in [1.807, 2.05) is 19.1 Å². The maximum atomic E-state index is 12.6. The quantitative estimate of drug-likeness (QED) is 0.495. The monoisotopic (exact) mass is 327 g/mol. The van der Waals surface area contributed by atoms with Crippen molar-refractivity contribution in [3.05, 3.63) is 47.3 Å². The zero-order chi connectivity index (χ0) is 17.1. The third-order valence-corrected chi connectivity index (χ3v) is 3.48. The second-order valence-electron chi connectivity index (χ2n) is 5.04. The van der Waals surface area contributed by atoms with Crippen molar-refractivity contribution in [3.8, 4) is 0 Å². The molecule has 2 aromatic rings. The van der Waals surface area contributed by atoms with E-state index in [1.165, 1.54) is 0 Å². The molecule has 0 atom stereocenters. The topological polar surface area (TPSA) is 93.3 Å². The summed E-state index contributed by atoms with van der Waals surface area (Å²) in [5.41, 5.74) is 1.35. The lowest BCUT2D eigenvalue weighted by atomic mass is 10.1. The predicted molar refractivity (Wildman–Crippen MR) is 87.5 cm³/mol. The van der Waals surface area contributed by atoms with Crippen LogP contribution >= 0.6 is 0 Å². The van der Waals surface area contributed by atoms with Gasteiger partial charge in [-0.3, -0.25) is 4.79 Å². The van der Waals surface area contributed by atoms with Gasteiger partial charge in [0, 0.05) is 29.9 Å². The molecule has 1 aliphatic heterocycles. The largest absolute Gasteiger partial charge is 0.462 e. The van der Waals surface area contributed by atoms with Crippen molar-refractivity contribution in [3.63, 3.8) is 0 Å². The van der Waals surface area contributed by atoms with Gasteiger partial charge in [0.1, 0.15) is 5.65 Å². The van der Waals surface area contributed by atoms with Crippen LogP contribution in [-0.2, 0) is 19.1 Å². The average molecular weight is 327 g/mol. The molecular weight excluding hydrogens is 310 g/mol. The van der Waals surface area contributed by atoms with Crippen LogP contribution in [0.25, 0.3) is 17.1 Å². The molecule has 3 rings (SSSR count). The molecule has 24 heavy (non-hydrogen) atoms. The molecule has 0 amide bonds. The van der Waals surface area contributed by atoms with Crippen LogP contribution in [-0.4, -0.2) is 34.9 Å². The number of H-pyrrole nitrogens is 1. The number of rotatable bonds is 5. The minimum atomic E-state index is -0.692. The molecule has 7 nitrogen and oxygen atoms in total. The molecule has 124 valence electrons. The first-order valence-corrected chi connectivity index (χ1v) is 7.67. The molecule has 0 fully saturated rings. The van der Waals surface area contributed by atoms with Gasteiger partial charge in [0.05, 0.1) is 6.61 Å². The fraction of sp³-hybridized carbons (Fsp3) is 0.235. The van der Waals surface area contributed by atoms with E-state index in [1.54, 1.807) is 25.4 Å². The number of esters is 1. The first-order valence-electron chi connectivity index (χ1n) is 7.67. The highest BCUT2D eigenvalue weighted by Gasteiger charge is 2.36. The summed E-state index contributed by atoms with van der Waals surface area (Å²) in [7, 11) is 0. The summed E-state index contributed by atoms with van der Waals surface area (Å²) in [6.45, 7) is 4.22. The Hall–Kier alpha value is -3.09. The molecule has 1 aliphatic rings. The number of carbonyl (C=O) groups is 2. The number of aromatic amines is 1. The Kier molecular flexibility index (Phi) is 4.33. The van der Waals surface area contributed by atoms with E-state index in [9.17, 15) is 9.59 Å².